The quantitative estimate of drug-likeness (QED) is 0.282. The molecule has 0 saturated carbocycles. The van der Waals surface area contributed by atoms with Gasteiger partial charge in [0, 0.05) is 50.7 Å². The molecule has 2 aliphatic rings. The smallest absolute Gasteiger partial charge is 0.146 e. The molecular weight excluding hydrogens is 426 g/mol. The minimum Gasteiger partial charge on any atom is -0.376 e. The van der Waals surface area contributed by atoms with Gasteiger partial charge in [-0.3, -0.25) is 4.90 Å². The van der Waals surface area contributed by atoms with Crippen LogP contribution in [0.4, 0.5) is 11.4 Å². The summed E-state index contributed by atoms with van der Waals surface area (Å²) in [6, 6.07) is 17.7. The van der Waals surface area contributed by atoms with Gasteiger partial charge in [-0.05, 0) is 55.2 Å². The van der Waals surface area contributed by atoms with E-state index < -0.39 is 0 Å². The van der Waals surface area contributed by atoms with Gasteiger partial charge in [0.05, 0.1) is 30.0 Å². The second-order valence-electron chi connectivity index (χ2n) is 9.18. The Morgan fingerprint density at radius 1 is 1.12 bits per heavy atom. The van der Waals surface area contributed by atoms with Gasteiger partial charge in [-0.2, -0.15) is 0 Å². The van der Waals surface area contributed by atoms with Crippen molar-refractivity contribution in [2.45, 2.75) is 31.3 Å². The van der Waals surface area contributed by atoms with Gasteiger partial charge in [0.25, 0.3) is 0 Å². The summed E-state index contributed by atoms with van der Waals surface area (Å²) in [6.07, 6.45) is 7.56. The van der Waals surface area contributed by atoms with Crippen LogP contribution < -0.4 is 10.2 Å². The molecule has 180 valence electrons. The number of benzene rings is 2. The van der Waals surface area contributed by atoms with Crippen molar-refractivity contribution in [3.05, 3.63) is 66.5 Å². The molecule has 2 heterocycles. The van der Waals surface area contributed by atoms with Crippen molar-refractivity contribution in [2.24, 2.45) is 0 Å². The van der Waals surface area contributed by atoms with Crippen molar-refractivity contribution in [1.29, 1.82) is 0 Å². The number of anilines is 2. The minimum atomic E-state index is 0.115. The first-order valence-electron chi connectivity index (χ1n) is 12.3. The fourth-order valence-corrected chi connectivity index (χ4v) is 5.22. The van der Waals surface area contributed by atoms with Gasteiger partial charge >= 0.3 is 0 Å². The molecule has 3 aromatic rings. The SMILES string of the molecule is COCOC[C@@H](Nc1ccc2nc[nH]c2c1)C1=CCCC(N2CCN(c3ccccc3)CC2)C1. The van der Waals surface area contributed by atoms with Crippen molar-refractivity contribution in [1.82, 2.24) is 14.9 Å². The number of nitrogens with zero attached hydrogens (tertiary/aromatic N) is 3. The first-order valence-corrected chi connectivity index (χ1v) is 12.3. The zero-order valence-corrected chi connectivity index (χ0v) is 20.0. The van der Waals surface area contributed by atoms with Gasteiger partial charge in [0.15, 0.2) is 0 Å². The maximum Gasteiger partial charge on any atom is 0.146 e. The molecule has 7 nitrogen and oxygen atoms in total. The number of fused-ring (bicyclic) bond motifs is 1. The Labute approximate surface area is 201 Å². The van der Waals surface area contributed by atoms with Gasteiger partial charge in [-0.15, -0.1) is 0 Å². The molecule has 1 aliphatic carbocycles. The van der Waals surface area contributed by atoms with Gasteiger partial charge < -0.3 is 24.7 Å². The molecule has 0 amide bonds. The van der Waals surface area contributed by atoms with Crippen LogP contribution in [0.15, 0.2) is 66.5 Å². The zero-order valence-electron chi connectivity index (χ0n) is 20.0. The molecule has 0 radical (unpaired) electrons. The van der Waals surface area contributed by atoms with Crippen LogP contribution >= 0.6 is 0 Å². The Bertz CT molecular complexity index is 1070. The Kier molecular flexibility index (Phi) is 7.43. The minimum absolute atomic E-state index is 0.115. The molecule has 1 saturated heterocycles. The van der Waals surface area contributed by atoms with E-state index >= 15 is 0 Å². The fraction of sp³-hybridized carbons (Fsp3) is 0.444. The second kappa shape index (κ2) is 11.0. The Hall–Kier alpha value is -2.87. The number of imidazole rings is 1. The van der Waals surface area contributed by atoms with Gasteiger partial charge in [0.1, 0.15) is 6.79 Å². The molecule has 2 atom stereocenters. The number of H-pyrrole nitrogens is 1. The summed E-state index contributed by atoms with van der Waals surface area (Å²) >= 11 is 0. The first kappa shape index (κ1) is 22.9. The Morgan fingerprint density at radius 3 is 2.79 bits per heavy atom. The molecule has 2 N–H and O–H groups in total. The van der Waals surface area contributed by atoms with E-state index in [1.807, 2.05) is 6.07 Å². The second-order valence-corrected chi connectivity index (χ2v) is 9.18. The third-order valence-corrected chi connectivity index (χ3v) is 7.02. The van der Waals surface area contributed by atoms with Gasteiger partial charge in [-0.25, -0.2) is 4.98 Å². The lowest BCUT2D eigenvalue weighted by Gasteiger charge is -2.42. The molecular formula is C27H35N5O2. The molecule has 1 aromatic heterocycles. The van der Waals surface area contributed by atoms with Crippen LogP contribution in [-0.4, -0.2) is 73.6 Å². The number of methoxy groups -OCH3 is 1. The molecule has 0 spiro atoms. The lowest BCUT2D eigenvalue weighted by Crippen LogP contribution is -2.51. The van der Waals surface area contributed by atoms with E-state index in [0.29, 0.717) is 19.4 Å². The van der Waals surface area contributed by atoms with Crippen molar-refractivity contribution >= 4 is 22.4 Å². The standard InChI is InChI=1S/C27H35N5O2/c1-33-20-34-18-27(30-22-10-11-25-26(17-22)29-19-28-25)21-6-5-9-24(16-21)32-14-12-31(13-15-32)23-7-3-2-4-8-23/h2-4,6-8,10-11,17,19,24,27,30H,5,9,12-16,18,20H2,1H3,(H,28,29)/t24?,27-/m1/s1. The average Bonchev–Trinajstić information content (AvgIpc) is 3.37. The normalized spacial score (nSPS) is 20.3. The van der Waals surface area contributed by atoms with Gasteiger partial charge in [0.2, 0.25) is 0 Å². The molecule has 5 rings (SSSR count). The molecule has 0 bridgehead atoms. The van der Waals surface area contributed by atoms with Crippen molar-refractivity contribution in [3.63, 3.8) is 0 Å². The topological polar surface area (TPSA) is 65.7 Å². The number of aromatic nitrogens is 2. The maximum absolute atomic E-state index is 5.82. The summed E-state index contributed by atoms with van der Waals surface area (Å²) < 4.78 is 11.0. The van der Waals surface area contributed by atoms with E-state index in [9.17, 15) is 0 Å². The number of piperazine rings is 1. The number of hydrogen-bond donors (Lipinski definition) is 2. The highest BCUT2D eigenvalue weighted by Gasteiger charge is 2.28. The number of rotatable bonds is 9. The van der Waals surface area contributed by atoms with E-state index in [1.165, 1.54) is 17.7 Å². The highest BCUT2D eigenvalue weighted by molar-refractivity contribution is 5.78. The molecule has 7 heteroatoms. The van der Waals surface area contributed by atoms with E-state index in [2.05, 4.69) is 73.6 Å². The number of para-hydroxylation sites is 1. The maximum atomic E-state index is 5.82. The summed E-state index contributed by atoms with van der Waals surface area (Å²) in [5, 5.41) is 3.72. The molecule has 2 aromatic carbocycles. The van der Waals surface area contributed by atoms with Crippen LogP contribution in [0.3, 0.4) is 0 Å². The summed E-state index contributed by atoms with van der Waals surface area (Å²) in [6.45, 7) is 5.28. The Morgan fingerprint density at radius 2 is 1.97 bits per heavy atom. The lowest BCUT2D eigenvalue weighted by molar-refractivity contribution is -0.0316. The third kappa shape index (κ3) is 5.43. The van der Waals surface area contributed by atoms with Crippen LogP contribution in [0.2, 0.25) is 0 Å². The average molecular weight is 462 g/mol. The zero-order chi connectivity index (χ0) is 23.2. The van der Waals surface area contributed by atoms with Crippen LogP contribution in [0.25, 0.3) is 11.0 Å². The highest BCUT2D eigenvalue weighted by atomic mass is 16.7. The third-order valence-electron chi connectivity index (χ3n) is 7.02. The number of ether oxygens (including phenoxy) is 2. The molecule has 1 aliphatic heterocycles. The van der Waals surface area contributed by atoms with E-state index in [1.54, 1.807) is 13.4 Å². The van der Waals surface area contributed by atoms with Gasteiger partial charge in [-0.1, -0.05) is 24.3 Å². The predicted molar refractivity (Wildman–Crippen MR) is 137 cm³/mol. The molecule has 1 unspecified atom stereocenters. The summed E-state index contributed by atoms with van der Waals surface area (Å²) in [5.74, 6) is 0. The summed E-state index contributed by atoms with van der Waals surface area (Å²) in [4.78, 5) is 12.7. The monoisotopic (exact) mass is 461 g/mol. The number of allylic oxidation sites excluding steroid dienone is 1. The van der Waals surface area contributed by atoms with Crippen LogP contribution in [0.1, 0.15) is 19.3 Å². The van der Waals surface area contributed by atoms with Crippen molar-refractivity contribution < 1.29 is 9.47 Å². The number of nitrogens with one attached hydrogen (secondary N) is 2. The summed E-state index contributed by atoms with van der Waals surface area (Å²) in [7, 11) is 1.67. The lowest BCUT2D eigenvalue weighted by atomic mass is 9.89. The predicted octanol–water partition coefficient (Wildman–Crippen LogP) is 4.27. The summed E-state index contributed by atoms with van der Waals surface area (Å²) in [5.41, 5.74) is 5.85. The number of aromatic amines is 1. The fourth-order valence-electron chi connectivity index (χ4n) is 5.22. The largest absolute Gasteiger partial charge is 0.376 e. The van der Waals surface area contributed by atoms with Crippen LogP contribution in [-0.2, 0) is 9.47 Å². The molecule has 1 fully saturated rings. The van der Waals surface area contributed by atoms with E-state index in [-0.39, 0.29) is 6.04 Å². The Balaban J connectivity index is 1.23. The van der Waals surface area contributed by atoms with E-state index in [4.69, 9.17) is 9.47 Å². The number of hydrogen-bond acceptors (Lipinski definition) is 6. The van der Waals surface area contributed by atoms with Crippen molar-refractivity contribution in [3.8, 4) is 0 Å². The van der Waals surface area contributed by atoms with Crippen LogP contribution in [0, 0.1) is 0 Å². The van der Waals surface area contributed by atoms with E-state index in [0.717, 1.165) is 55.7 Å². The van der Waals surface area contributed by atoms with Crippen molar-refractivity contribution in [2.75, 3.05) is 56.9 Å². The highest BCUT2D eigenvalue weighted by Crippen LogP contribution is 2.29. The van der Waals surface area contributed by atoms with Crippen LogP contribution in [0.5, 0.6) is 0 Å². The molecule has 34 heavy (non-hydrogen) atoms. The first-order chi connectivity index (χ1) is 16.8.